The summed E-state index contributed by atoms with van der Waals surface area (Å²) < 4.78 is 0. The molecule has 0 fully saturated rings. The lowest BCUT2D eigenvalue weighted by molar-refractivity contribution is -0.120. The molecule has 0 aliphatic rings. The number of carbonyl (C=O) groups is 1. The third-order valence-electron chi connectivity index (χ3n) is 3.98. The number of hydrogen-bond donors (Lipinski definition) is 1. The Hall–Kier alpha value is -2.66. The Bertz CT molecular complexity index is 880. The van der Waals surface area contributed by atoms with Crippen molar-refractivity contribution in [2.45, 2.75) is 37.0 Å². The topological polar surface area (TPSA) is 54.9 Å². The average Bonchev–Trinajstić information content (AvgIpc) is 2.68. The van der Waals surface area contributed by atoms with Crippen molar-refractivity contribution in [2.75, 3.05) is 0 Å². The second-order valence-electron chi connectivity index (χ2n) is 6.51. The molecular weight excluding hydrogens is 354 g/mol. The van der Waals surface area contributed by atoms with Gasteiger partial charge in [0, 0.05) is 40.8 Å². The smallest absolute Gasteiger partial charge is 0.224 e. The van der Waals surface area contributed by atoms with E-state index in [0.29, 0.717) is 18.2 Å². The fourth-order valence-electron chi connectivity index (χ4n) is 2.75. The predicted molar refractivity (Wildman–Crippen MR) is 110 cm³/mol. The van der Waals surface area contributed by atoms with Crippen molar-refractivity contribution in [3.8, 4) is 11.3 Å². The van der Waals surface area contributed by atoms with Crippen molar-refractivity contribution < 1.29 is 4.79 Å². The Kier molecular flexibility index (Phi) is 6.60. The maximum atomic E-state index is 12.3. The molecule has 3 rings (SSSR count). The molecule has 2 aromatic heterocycles. The third kappa shape index (κ3) is 5.66. The number of benzene rings is 1. The van der Waals surface area contributed by atoms with Crippen LogP contribution in [0.5, 0.6) is 0 Å². The Balaban J connectivity index is 1.60. The first-order valence-electron chi connectivity index (χ1n) is 8.98. The maximum absolute atomic E-state index is 12.3. The standard InChI is InChI=1S/C22H23N3OS/c1-16(2)27-20-7-5-17(6-8-20)14-21(26)25-15-19-4-3-11-24-22(19)18-9-12-23-13-10-18/h3-13,16H,14-15H2,1-2H3,(H,25,26). The van der Waals surface area contributed by atoms with Gasteiger partial charge in [-0.25, -0.2) is 0 Å². The highest BCUT2D eigenvalue weighted by Crippen LogP contribution is 2.23. The highest BCUT2D eigenvalue weighted by Gasteiger charge is 2.09. The van der Waals surface area contributed by atoms with E-state index in [4.69, 9.17) is 0 Å². The van der Waals surface area contributed by atoms with E-state index in [-0.39, 0.29) is 5.91 Å². The molecule has 1 N–H and O–H groups in total. The van der Waals surface area contributed by atoms with Crippen molar-refractivity contribution >= 4 is 17.7 Å². The van der Waals surface area contributed by atoms with Crippen LogP contribution in [-0.2, 0) is 17.8 Å². The number of thioether (sulfide) groups is 1. The molecule has 0 radical (unpaired) electrons. The van der Waals surface area contributed by atoms with Crippen LogP contribution in [0.4, 0.5) is 0 Å². The first-order valence-corrected chi connectivity index (χ1v) is 9.86. The lowest BCUT2D eigenvalue weighted by Gasteiger charge is -2.10. The van der Waals surface area contributed by atoms with Crippen LogP contribution in [0.15, 0.2) is 72.0 Å². The number of aromatic nitrogens is 2. The molecule has 0 saturated heterocycles. The summed E-state index contributed by atoms with van der Waals surface area (Å²) in [5.41, 5.74) is 3.87. The zero-order chi connectivity index (χ0) is 19.1. The predicted octanol–water partition coefficient (Wildman–Crippen LogP) is 4.50. The van der Waals surface area contributed by atoms with Crippen molar-refractivity contribution in [3.63, 3.8) is 0 Å². The van der Waals surface area contributed by atoms with Gasteiger partial charge in [0.25, 0.3) is 0 Å². The van der Waals surface area contributed by atoms with E-state index in [1.807, 2.05) is 48.2 Å². The minimum absolute atomic E-state index is 0.00351. The average molecular weight is 378 g/mol. The molecule has 0 atom stereocenters. The summed E-state index contributed by atoms with van der Waals surface area (Å²) in [6.45, 7) is 4.79. The molecule has 0 aliphatic carbocycles. The van der Waals surface area contributed by atoms with Gasteiger partial charge in [-0.1, -0.05) is 32.0 Å². The summed E-state index contributed by atoms with van der Waals surface area (Å²) >= 11 is 1.82. The molecule has 1 aromatic carbocycles. The largest absolute Gasteiger partial charge is 0.352 e. The number of carbonyl (C=O) groups excluding carboxylic acids is 1. The molecule has 5 heteroatoms. The molecule has 0 unspecified atom stereocenters. The van der Waals surface area contributed by atoms with Gasteiger partial charge in [-0.2, -0.15) is 0 Å². The number of nitrogens with one attached hydrogen (secondary N) is 1. The third-order valence-corrected chi connectivity index (χ3v) is 5.00. The Morgan fingerprint density at radius 3 is 2.48 bits per heavy atom. The lowest BCUT2D eigenvalue weighted by atomic mass is 10.1. The van der Waals surface area contributed by atoms with Crippen molar-refractivity contribution in [3.05, 3.63) is 78.2 Å². The van der Waals surface area contributed by atoms with Gasteiger partial charge in [0.05, 0.1) is 12.1 Å². The molecule has 27 heavy (non-hydrogen) atoms. The van der Waals surface area contributed by atoms with E-state index in [1.54, 1.807) is 18.6 Å². The minimum atomic E-state index is 0.00351. The van der Waals surface area contributed by atoms with Crippen molar-refractivity contribution in [1.29, 1.82) is 0 Å². The number of rotatable bonds is 7. The summed E-state index contributed by atoms with van der Waals surface area (Å²) in [4.78, 5) is 22.1. The van der Waals surface area contributed by atoms with E-state index in [1.165, 1.54) is 4.90 Å². The highest BCUT2D eigenvalue weighted by atomic mass is 32.2. The number of pyridine rings is 2. The van der Waals surface area contributed by atoms with E-state index >= 15 is 0 Å². The molecule has 2 heterocycles. The van der Waals surface area contributed by atoms with E-state index in [2.05, 4.69) is 41.3 Å². The van der Waals surface area contributed by atoms with Gasteiger partial charge in [0.2, 0.25) is 5.91 Å². The Morgan fingerprint density at radius 2 is 1.78 bits per heavy atom. The number of nitrogens with zero attached hydrogens (tertiary/aromatic N) is 2. The Morgan fingerprint density at radius 1 is 1.04 bits per heavy atom. The summed E-state index contributed by atoms with van der Waals surface area (Å²) in [5, 5.41) is 3.55. The fourth-order valence-corrected chi connectivity index (χ4v) is 3.59. The number of hydrogen-bond acceptors (Lipinski definition) is 4. The summed E-state index contributed by atoms with van der Waals surface area (Å²) in [6, 6.07) is 15.9. The first-order chi connectivity index (χ1) is 13.1. The van der Waals surface area contributed by atoms with Crippen LogP contribution < -0.4 is 5.32 Å². The second kappa shape index (κ2) is 9.33. The van der Waals surface area contributed by atoms with E-state index < -0.39 is 0 Å². The minimum Gasteiger partial charge on any atom is -0.352 e. The van der Waals surface area contributed by atoms with Gasteiger partial charge >= 0.3 is 0 Å². The fraction of sp³-hybridized carbons (Fsp3) is 0.227. The van der Waals surface area contributed by atoms with Gasteiger partial charge in [-0.05, 0) is 41.5 Å². The zero-order valence-corrected chi connectivity index (χ0v) is 16.4. The van der Waals surface area contributed by atoms with E-state index in [0.717, 1.165) is 22.4 Å². The molecule has 3 aromatic rings. The van der Waals surface area contributed by atoms with Crippen LogP contribution in [0.3, 0.4) is 0 Å². The molecule has 0 aliphatic heterocycles. The quantitative estimate of drug-likeness (QED) is 0.616. The first kappa shape index (κ1) is 19.1. The van der Waals surface area contributed by atoms with Gasteiger partial charge in [-0.3, -0.25) is 14.8 Å². The normalized spacial score (nSPS) is 10.8. The van der Waals surface area contributed by atoms with Crippen LogP contribution in [0.1, 0.15) is 25.0 Å². The summed E-state index contributed by atoms with van der Waals surface area (Å²) in [7, 11) is 0. The van der Waals surface area contributed by atoms with Gasteiger partial charge < -0.3 is 5.32 Å². The molecule has 138 valence electrons. The van der Waals surface area contributed by atoms with Crippen LogP contribution in [0, 0.1) is 0 Å². The van der Waals surface area contributed by atoms with Gasteiger partial charge in [0.1, 0.15) is 0 Å². The van der Waals surface area contributed by atoms with Crippen LogP contribution in [0.2, 0.25) is 0 Å². The molecule has 1 amide bonds. The monoisotopic (exact) mass is 377 g/mol. The lowest BCUT2D eigenvalue weighted by Crippen LogP contribution is -2.25. The van der Waals surface area contributed by atoms with Crippen LogP contribution in [0.25, 0.3) is 11.3 Å². The molecule has 0 spiro atoms. The van der Waals surface area contributed by atoms with Gasteiger partial charge in [-0.15, -0.1) is 11.8 Å². The van der Waals surface area contributed by atoms with Gasteiger partial charge in [0.15, 0.2) is 0 Å². The molecule has 0 saturated carbocycles. The maximum Gasteiger partial charge on any atom is 0.224 e. The van der Waals surface area contributed by atoms with Crippen molar-refractivity contribution in [2.24, 2.45) is 0 Å². The molecule has 0 bridgehead atoms. The molecule has 4 nitrogen and oxygen atoms in total. The zero-order valence-electron chi connectivity index (χ0n) is 15.6. The SMILES string of the molecule is CC(C)Sc1ccc(CC(=O)NCc2cccnc2-c2ccncc2)cc1. The van der Waals surface area contributed by atoms with E-state index in [9.17, 15) is 4.79 Å². The van der Waals surface area contributed by atoms with Crippen LogP contribution in [-0.4, -0.2) is 21.1 Å². The number of amides is 1. The summed E-state index contributed by atoms with van der Waals surface area (Å²) in [6.07, 6.45) is 5.62. The second-order valence-corrected chi connectivity index (χ2v) is 8.16. The highest BCUT2D eigenvalue weighted by molar-refractivity contribution is 7.99. The Labute approximate surface area is 164 Å². The molecular formula is C22H23N3OS. The van der Waals surface area contributed by atoms with Crippen LogP contribution >= 0.6 is 11.8 Å². The summed E-state index contributed by atoms with van der Waals surface area (Å²) in [5.74, 6) is 0.00351. The van der Waals surface area contributed by atoms with Crippen molar-refractivity contribution in [1.82, 2.24) is 15.3 Å².